The van der Waals surface area contributed by atoms with Crippen LogP contribution >= 0.6 is 11.6 Å². The van der Waals surface area contributed by atoms with E-state index in [-0.39, 0.29) is 5.91 Å². The minimum Gasteiger partial charge on any atom is -0.454 e. The first-order valence-corrected chi connectivity index (χ1v) is 9.03. The van der Waals surface area contributed by atoms with Gasteiger partial charge in [0.1, 0.15) is 5.76 Å². The van der Waals surface area contributed by atoms with Crippen LogP contribution in [0.15, 0.2) is 53.5 Å². The number of rotatable bonds is 4. The first kappa shape index (κ1) is 16.8. The average Bonchev–Trinajstić information content (AvgIpc) is 3.31. The fourth-order valence-corrected chi connectivity index (χ4v) is 3.53. The molecule has 4 heterocycles. The van der Waals surface area contributed by atoms with Crippen molar-refractivity contribution in [2.24, 2.45) is 0 Å². The van der Waals surface area contributed by atoms with E-state index in [2.05, 4.69) is 22.2 Å². The highest BCUT2D eigenvalue weighted by Gasteiger charge is 2.26. The Morgan fingerprint density at radius 3 is 2.65 bits per heavy atom. The van der Waals surface area contributed by atoms with E-state index in [0.717, 1.165) is 25.9 Å². The summed E-state index contributed by atoms with van der Waals surface area (Å²) in [6.45, 7) is 1.91. The molecule has 0 unspecified atom stereocenters. The number of carbonyl (C=O) groups excluding carboxylic acids is 1. The van der Waals surface area contributed by atoms with Crippen molar-refractivity contribution in [3.05, 3.63) is 71.2 Å². The molecule has 0 aliphatic carbocycles. The van der Waals surface area contributed by atoms with Gasteiger partial charge in [-0.15, -0.1) is 0 Å². The molecule has 7 heteroatoms. The molecule has 0 bridgehead atoms. The molecule has 1 saturated heterocycles. The van der Waals surface area contributed by atoms with Gasteiger partial charge < -0.3 is 9.32 Å². The van der Waals surface area contributed by atoms with Crippen molar-refractivity contribution in [1.82, 2.24) is 19.7 Å². The highest BCUT2D eigenvalue weighted by Crippen LogP contribution is 2.28. The number of piperidine rings is 1. The van der Waals surface area contributed by atoms with Crippen molar-refractivity contribution < 1.29 is 9.21 Å². The Kier molecular flexibility index (Phi) is 4.75. The number of halogens is 1. The van der Waals surface area contributed by atoms with Crippen LogP contribution in [0.2, 0.25) is 5.02 Å². The number of pyridine rings is 1. The molecule has 6 nitrogen and oxygen atoms in total. The van der Waals surface area contributed by atoms with E-state index < -0.39 is 0 Å². The molecule has 0 N–H and O–H groups in total. The monoisotopic (exact) mass is 370 g/mol. The van der Waals surface area contributed by atoms with Crippen molar-refractivity contribution in [3.8, 4) is 0 Å². The van der Waals surface area contributed by atoms with Crippen molar-refractivity contribution in [2.45, 2.75) is 25.3 Å². The number of aromatic nitrogens is 3. The van der Waals surface area contributed by atoms with Gasteiger partial charge in [0.2, 0.25) is 0 Å². The van der Waals surface area contributed by atoms with E-state index in [1.165, 1.54) is 5.56 Å². The summed E-state index contributed by atoms with van der Waals surface area (Å²) >= 11 is 5.86. The van der Waals surface area contributed by atoms with Gasteiger partial charge in [-0.25, -0.2) is 0 Å². The summed E-state index contributed by atoms with van der Waals surface area (Å²) in [4.78, 5) is 18.6. The van der Waals surface area contributed by atoms with Crippen molar-refractivity contribution in [2.75, 3.05) is 13.1 Å². The lowest BCUT2D eigenvalue weighted by atomic mass is 9.90. The third-order valence-electron chi connectivity index (χ3n) is 4.75. The normalized spacial score (nSPS) is 15.3. The number of amides is 1. The quantitative estimate of drug-likeness (QED) is 0.704. The number of carbonyl (C=O) groups is 1. The molecule has 4 rings (SSSR count). The van der Waals surface area contributed by atoms with E-state index in [1.54, 1.807) is 23.1 Å². The van der Waals surface area contributed by atoms with Gasteiger partial charge in [0.05, 0.1) is 17.8 Å². The van der Waals surface area contributed by atoms with E-state index in [9.17, 15) is 4.79 Å². The molecular formula is C19H19ClN4O2. The maximum atomic E-state index is 12.7. The number of furan rings is 1. The minimum absolute atomic E-state index is 0.0528. The zero-order valence-corrected chi connectivity index (χ0v) is 15.0. The molecule has 1 fully saturated rings. The second kappa shape index (κ2) is 7.33. The molecule has 1 amide bonds. The number of nitrogens with zero attached hydrogens (tertiary/aromatic N) is 4. The molecule has 1 aliphatic rings. The fraction of sp³-hybridized carbons (Fsp3) is 0.316. The van der Waals surface area contributed by atoms with Crippen molar-refractivity contribution in [1.29, 1.82) is 0 Å². The molecule has 1 aliphatic heterocycles. The third kappa shape index (κ3) is 3.65. The summed E-state index contributed by atoms with van der Waals surface area (Å²) in [6, 6.07) is 7.66. The molecule has 134 valence electrons. The summed E-state index contributed by atoms with van der Waals surface area (Å²) in [6.07, 6.45) is 8.84. The van der Waals surface area contributed by atoms with Crippen LogP contribution in [0.4, 0.5) is 0 Å². The lowest BCUT2D eigenvalue weighted by Crippen LogP contribution is -2.37. The maximum Gasteiger partial charge on any atom is 0.289 e. The molecule has 26 heavy (non-hydrogen) atoms. The highest BCUT2D eigenvalue weighted by atomic mass is 35.5. The summed E-state index contributed by atoms with van der Waals surface area (Å²) in [7, 11) is 0. The second-order valence-corrected chi connectivity index (χ2v) is 6.91. The van der Waals surface area contributed by atoms with Gasteiger partial charge in [-0.3, -0.25) is 14.5 Å². The predicted molar refractivity (Wildman–Crippen MR) is 97.2 cm³/mol. The Bertz CT molecular complexity index is 882. The molecule has 3 aromatic rings. The molecular weight excluding hydrogens is 352 g/mol. The van der Waals surface area contributed by atoms with E-state index in [4.69, 9.17) is 16.0 Å². The van der Waals surface area contributed by atoms with Gasteiger partial charge in [-0.05, 0) is 48.6 Å². The van der Waals surface area contributed by atoms with Crippen LogP contribution in [0, 0.1) is 0 Å². The maximum absolute atomic E-state index is 12.7. The topological polar surface area (TPSA) is 64.2 Å². The van der Waals surface area contributed by atoms with Crippen molar-refractivity contribution in [3.63, 3.8) is 0 Å². The lowest BCUT2D eigenvalue weighted by molar-refractivity contribution is 0.0678. The van der Waals surface area contributed by atoms with Crippen LogP contribution in [0.5, 0.6) is 0 Å². The van der Waals surface area contributed by atoms with Gasteiger partial charge in [0.15, 0.2) is 5.76 Å². The summed E-state index contributed by atoms with van der Waals surface area (Å²) < 4.78 is 7.40. The van der Waals surface area contributed by atoms with Gasteiger partial charge in [-0.2, -0.15) is 5.10 Å². The Balaban J connectivity index is 1.36. The lowest BCUT2D eigenvalue weighted by Gasteiger charge is -2.31. The summed E-state index contributed by atoms with van der Waals surface area (Å²) in [5.74, 6) is 1.49. The zero-order chi connectivity index (χ0) is 17.9. The Labute approximate surface area is 156 Å². The average molecular weight is 371 g/mol. The van der Waals surface area contributed by atoms with E-state index in [0.29, 0.717) is 29.0 Å². The minimum atomic E-state index is -0.0528. The first-order chi connectivity index (χ1) is 12.7. The van der Waals surface area contributed by atoms with E-state index >= 15 is 0 Å². The largest absolute Gasteiger partial charge is 0.454 e. The number of hydrogen-bond donors (Lipinski definition) is 0. The zero-order valence-electron chi connectivity index (χ0n) is 14.2. The first-order valence-electron chi connectivity index (χ1n) is 8.65. The predicted octanol–water partition coefficient (Wildman–Crippen LogP) is 3.59. The second-order valence-electron chi connectivity index (χ2n) is 6.47. The highest BCUT2D eigenvalue weighted by molar-refractivity contribution is 6.30. The van der Waals surface area contributed by atoms with Gasteiger partial charge in [0, 0.05) is 31.7 Å². The van der Waals surface area contributed by atoms with Crippen LogP contribution in [-0.2, 0) is 6.54 Å². The molecule has 0 aromatic carbocycles. The standard InChI is InChI=1S/C19H19ClN4O2/c20-16-11-22-24(12-16)13-17-1-2-18(26-17)19(25)23-9-5-15(6-10-23)14-3-7-21-8-4-14/h1-4,7-8,11-12,15H,5-6,9-10,13H2. The van der Waals surface area contributed by atoms with Crippen LogP contribution in [0.3, 0.4) is 0 Å². The molecule has 0 atom stereocenters. The molecule has 3 aromatic heterocycles. The number of hydrogen-bond acceptors (Lipinski definition) is 4. The van der Waals surface area contributed by atoms with Crippen LogP contribution in [-0.4, -0.2) is 38.7 Å². The van der Waals surface area contributed by atoms with Crippen LogP contribution in [0.25, 0.3) is 0 Å². The summed E-state index contributed by atoms with van der Waals surface area (Å²) in [5, 5.41) is 4.69. The Morgan fingerprint density at radius 1 is 1.19 bits per heavy atom. The smallest absolute Gasteiger partial charge is 0.289 e. The molecule has 0 radical (unpaired) electrons. The van der Waals surface area contributed by atoms with Crippen LogP contribution < -0.4 is 0 Å². The van der Waals surface area contributed by atoms with E-state index in [1.807, 2.05) is 23.4 Å². The van der Waals surface area contributed by atoms with Gasteiger partial charge in [-0.1, -0.05) is 11.6 Å². The SMILES string of the molecule is O=C(c1ccc(Cn2cc(Cl)cn2)o1)N1CCC(c2ccncc2)CC1. The molecule has 0 spiro atoms. The summed E-state index contributed by atoms with van der Waals surface area (Å²) in [5.41, 5.74) is 1.30. The number of likely N-dealkylation sites (tertiary alicyclic amines) is 1. The Morgan fingerprint density at radius 2 is 1.96 bits per heavy atom. The van der Waals surface area contributed by atoms with Crippen LogP contribution in [0.1, 0.15) is 40.6 Å². The van der Waals surface area contributed by atoms with Gasteiger partial charge >= 0.3 is 0 Å². The van der Waals surface area contributed by atoms with Gasteiger partial charge in [0.25, 0.3) is 5.91 Å². The van der Waals surface area contributed by atoms with Crippen molar-refractivity contribution >= 4 is 17.5 Å². The molecule has 0 saturated carbocycles. The Hall–Kier alpha value is -2.60. The third-order valence-corrected chi connectivity index (χ3v) is 4.95. The fourth-order valence-electron chi connectivity index (χ4n) is 3.37.